The molecule has 34 heavy (non-hydrogen) atoms. The summed E-state index contributed by atoms with van der Waals surface area (Å²) in [5.41, 5.74) is 0.444. The molecule has 0 radical (unpaired) electrons. The standard InChI is InChI=1S/C26H32FN5O2/c1-4-31(2)13-14-32(3)25(34)26(18-28)12-6-9-22(16-26)30-24(33)20-10-11-23(29-17-20)19-7-5-8-21(27)15-19/h5,7-8,10-11,15,17,22H,4,6,9,12-14,16H2,1-3H3,(H,30,33). The lowest BCUT2D eigenvalue weighted by Gasteiger charge is -2.37. The Morgan fingerprint density at radius 1 is 1.26 bits per heavy atom. The molecule has 2 aromatic rings. The van der Waals surface area contributed by atoms with Crippen LogP contribution in [0.25, 0.3) is 11.3 Å². The Morgan fingerprint density at radius 2 is 2.06 bits per heavy atom. The van der Waals surface area contributed by atoms with E-state index in [-0.39, 0.29) is 30.1 Å². The van der Waals surface area contributed by atoms with E-state index in [4.69, 9.17) is 0 Å². The molecule has 1 aliphatic carbocycles. The minimum atomic E-state index is -1.13. The van der Waals surface area contributed by atoms with Gasteiger partial charge >= 0.3 is 0 Å². The Labute approximate surface area is 200 Å². The van der Waals surface area contributed by atoms with Crippen LogP contribution in [-0.2, 0) is 4.79 Å². The van der Waals surface area contributed by atoms with Crippen LogP contribution in [0.15, 0.2) is 42.6 Å². The van der Waals surface area contributed by atoms with Crippen molar-refractivity contribution in [1.82, 2.24) is 20.1 Å². The SMILES string of the molecule is CCN(C)CCN(C)C(=O)C1(C#N)CCCC(NC(=O)c2ccc(-c3cccc(F)c3)nc2)C1. The number of nitrogens with zero attached hydrogens (tertiary/aromatic N) is 4. The number of hydrogen-bond acceptors (Lipinski definition) is 5. The highest BCUT2D eigenvalue weighted by Gasteiger charge is 2.45. The van der Waals surface area contributed by atoms with E-state index in [0.717, 1.165) is 13.1 Å². The Hall–Kier alpha value is -3.31. The quantitative estimate of drug-likeness (QED) is 0.645. The average molecular weight is 466 g/mol. The van der Waals surface area contributed by atoms with Gasteiger partial charge < -0.3 is 15.1 Å². The number of pyridine rings is 1. The zero-order valence-corrected chi connectivity index (χ0v) is 20.1. The summed E-state index contributed by atoms with van der Waals surface area (Å²) in [6, 6.07) is 11.4. The van der Waals surface area contributed by atoms with Gasteiger partial charge in [-0.2, -0.15) is 5.26 Å². The Balaban J connectivity index is 1.64. The third-order valence-corrected chi connectivity index (χ3v) is 6.56. The maximum absolute atomic E-state index is 13.5. The number of nitrogens with one attached hydrogen (secondary N) is 1. The first-order valence-corrected chi connectivity index (χ1v) is 11.7. The smallest absolute Gasteiger partial charge is 0.253 e. The predicted octanol–water partition coefficient (Wildman–Crippen LogP) is 3.48. The molecule has 2 amide bonds. The van der Waals surface area contributed by atoms with Crippen LogP contribution in [0, 0.1) is 22.6 Å². The van der Waals surface area contributed by atoms with E-state index in [0.29, 0.717) is 42.6 Å². The van der Waals surface area contributed by atoms with Gasteiger partial charge in [-0.25, -0.2) is 4.39 Å². The molecule has 1 saturated carbocycles. The molecule has 0 aliphatic heterocycles. The topological polar surface area (TPSA) is 89.3 Å². The molecule has 2 atom stereocenters. The van der Waals surface area contributed by atoms with Crippen molar-refractivity contribution in [2.45, 2.75) is 38.6 Å². The van der Waals surface area contributed by atoms with Gasteiger partial charge in [-0.15, -0.1) is 0 Å². The zero-order chi connectivity index (χ0) is 24.7. The van der Waals surface area contributed by atoms with Crippen LogP contribution < -0.4 is 5.32 Å². The number of likely N-dealkylation sites (N-methyl/N-ethyl adjacent to an activating group) is 2. The third kappa shape index (κ3) is 5.97. The number of nitriles is 1. The summed E-state index contributed by atoms with van der Waals surface area (Å²) in [4.78, 5) is 34.1. The van der Waals surface area contributed by atoms with Gasteiger partial charge in [0.25, 0.3) is 5.91 Å². The fourth-order valence-electron chi connectivity index (χ4n) is 4.30. The summed E-state index contributed by atoms with van der Waals surface area (Å²) >= 11 is 0. The Bertz CT molecular complexity index is 1050. The fourth-order valence-corrected chi connectivity index (χ4v) is 4.30. The van der Waals surface area contributed by atoms with Gasteiger partial charge in [-0.05, 0) is 63.5 Å². The van der Waals surface area contributed by atoms with Gasteiger partial charge in [0.05, 0.1) is 17.3 Å². The molecule has 1 heterocycles. The minimum absolute atomic E-state index is 0.181. The Morgan fingerprint density at radius 3 is 2.71 bits per heavy atom. The Kier molecular flexibility index (Phi) is 8.35. The van der Waals surface area contributed by atoms with Crippen LogP contribution in [-0.4, -0.2) is 66.4 Å². The van der Waals surface area contributed by atoms with Gasteiger partial charge in [-0.1, -0.05) is 19.1 Å². The highest BCUT2D eigenvalue weighted by Crippen LogP contribution is 2.37. The normalized spacial score (nSPS) is 19.9. The van der Waals surface area contributed by atoms with Crippen molar-refractivity contribution < 1.29 is 14.0 Å². The molecule has 0 bridgehead atoms. The van der Waals surface area contributed by atoms with E-state index >= 15 is 0 Å². The summed E-state index contributed by atoms with van der Waals surface area (Å²) in [5.74, 6) is -0.834. The van der Waals surface area contributed by atoms with Crippen molar-refractivity contribution >= 4 is 11.8 Å². The largest absolute Gasteiger partial charge is 0.349 e. The van der Waals surface area contributed by atoms with E-state index in [1.807, 2.05) is 7.05 Å². The molecule has 0 spiro atoms. The van der Waals surface area contributed by atoms with Gasteiger partial charge in [0.1, 0.15) is 11.2 Å². The van der Waals surface area contributed by atoms with E-state index in [9.17, 15) is 19.2 Å². The maximum Gasteiger partial charge on any atom is 0.253 e. The van der Waals surface area contributed by atoms with E-state index in [1.54, 1.807) is 36.2 Å². The summed E-state index contributed by atoms with van der Waals surface area (Å²) in [7, 11) is 3.73. The number of rotatable bonds is 8. The third-order valence-electron chi connectivity index (χ3n) is 6.56. The summed E-state index contributed by atoms with van der Waals surface area (Å²) in [6.45, 7) is 4.22. The molecule has 0 saturated heterocycles. The average Bonchev–Trinajstić information content (AvgIpc) is 2.86. The highest BCUT2D eigenvalue weighted by atomic mass is 19.1. The lowest BCUT2D eigenvalue weighted by Crippen LogP contribution is -2.50. The van der Waals surface area contributed by atoms with Crippen molar-refractivity contribution in [3.8, 4) is 17.3 Å². The van der Waals surface area contributed by atoms with Gasteiger partial charge in [0.15, 0.2) is 0 Å². The first-order chi connectivity index (χ1) is 16.3. The number of carbonyl (C=O) groups excluding carboxylic acids is 2. The van der Waals surface area contributed by atoms with E-state index in [1.165, 1.54) is 18.3 Å². The van der Waals surface area contributed by atoms with Crippen molar-refractivity contribution in [3.63, 3.8) is 0 Å². The molecule has 1 aromatic heterocycles. The summed E-state index contributed by atoms with van der Waals surface area (Å²) in [5, 5.41) is 12.9. The zero-order valence-electron chi connectivity index (χ0n) is 20.1. The second kappa shape index (κ2) is 11.2. The number of carbonyl (C=O) groups is 2. The van der Waals surface area contributed by atoms with Crippen LogP contribution in [0.3, 0.4) is 0 Å². The molecule has 180 valence electrons. The number of hydrogen-bond donors (Lipinski definition) is 1. The van der Waals surface area contributed by atoms with Crippen molar-refractivity contribution in [2.75, 3.05) is 33.7 Å². The van der Waals surface area contributed by atoms with Crippen LogP contribution >= 0.6 is 0 Å². The lowest BCUT2D eigenvalue weighted by molar-refractivity contribution is -0.139. The van der Waals surface area contributed by atoms with Crippen LogP contribution in [0.4, 0.5) is 4.39 Å². The van der Waals surface area contributed by atoms with Crippen LogP contribution in [0.2, 0.25) is 0 Å². The predicted molar refractivity (Wildman–Crippen MR) is 128 cm³/mol. The molecule has 1 aromatic carbocycles. The fraction of sp³-hybridized carbons (Fsp3) is 0.462. The number of benzene rings is 1. The first kappa shape index (κ1) is 25.3. The monoisotopic (exact) mass is 465 g/mol. The highest BCUT2D eigenvalue weighted by molar-refractivity contribution is 5.94. The summed E-state index contributed by atoms with van der Waals surface area (Å²) in [6.07, 6.45) is 3.63. The van der Waals surface area contributed by atoms with Crippen molar-refractivity contribution in [3.05, 3.63) is 54.0 Å². The van der Waals surface area contributed by atoms with Gasteiger partial charge in [0.2, 0.25) is 5.91 Å². The van der Waals surface area contributed by atoms with Gasteiger partial charge in [0, 0.05) is 37.9 Å². The summed E-state index contributed by atoms with van der Waals surface area (Å²) < 4.78 is 13.5. The molecule has 8 heteroatoms. The molecule has 2 unspecified atom stereocenters. The number of aromatic nitrogens is 1. The van der Waals surface area contributed by atoms with Crippen molar-refractivity contribution in [2.24, 2.45) is 5.41 Å². The van der Waals surface area contributed by atoms with E-state index < -0.39 is 5.41 Å². The maximum atomic E-state index is 13.5. The number of amides is 2. The lowest BCUT2D eigenvalue weighted by atomic mass is 9.72. The van der Waals surface area contributed by atoms with Crippen LogP contribution in [0.1, 0.15) is 43.0 Å². The molecular formula is C26H32FN5O2. The molecule has 3 rings (SSSR count). The minimum Gasteiger partial charge on any atom is -0.349 e. The molecular weight excluding hydrogens is 433 g/mol. The number of halogens is 1. The van der Waals surface area contributed by atoms with Crippen LogP contribution in [0.5, 0.6) is 0 Å². The molecule has 1 aliphatic rings. The molecule has 1 fully saturated rings. The van der Waals surface area contributed by atoms with E-state index in [2.05, 4.69) is 28.2 Å². The molecule has 1 N–H and O–H groups in total. The molecule has 7 nitrogen and oxygen atoms in total. The first-order valence-electron chi connectivity index (χ1n) is 11.7. The second-order valence-corrected chi connectivity index (χ2v) is 9.03. The van der Waals surface area contributed by atoms with Gasteiger partial charge in [-0.3, -0.25) is 14.6 Å². The van der Waals surface area contributed by atoms with Crippen molar-refractivity contribution in [1.29, 1.82) is 5.26 Å². The second-order valence-electron chi connectivity index (χ2n) is 9.03.